The second-order valence-corrected chi connectivity index (χ2v) is 5.49. The summed E-state index contributed by atoms with van der Waals surface area (Å²) in [5.41, 5.74) is 0.588. The maximum atomic E-state index is 12.2. The second-order valence-electron chi connectivity index (χ2n) is 4.70. The van der Waals surface area contributed by atoms with E-state index < -0.39 is 12.0 Å². The van der Waals surface area contributed by atoms with Crippen molar-refractivity contribution < 1.29 is 14.3 Å². The molecule has 1 saturated heterocycles. The molecule has 21 heavy (non-hydrogen) atoms. The molecule has 0 aromatic heterocycles. The molecule has 1 unspecified atom stereocenters. The van der Waals surface area contributed by atoms with Crippen molar-refractivity contribution in [2.45, 2.75) is 12.5 Å². The molecule has 0 aliphatic carbocycles. The van der Waals surface area contributed by atoms with Crippen molar-refractivity contribution in [2.24, 2.45) is 0 Å². The first-order valence-electron chi connectivity index (χ1n) is 6.57. The smallest absolute Gasteiger partial charge is 0.327 e. The first-order chi connectivity index (χ1) is 10.0. The van der Waals surface area contributed by atoms with Crippen LogP contribution >= 0.6 is 23.2 Å². The number of hydrogen-bond donors (Lipinski definition) is 1. The van der Waals surface area contributed by atoms with Crippen LogP contribution in [0.3, 0.4) is 0 Å². The monoisotopic (exact) mass is 330 g/mol. The van der Waals surface area contributed by atoms with Crippen LogP contribution < -0.4 is 5.32 Å². The van der Waals surface area contributed by atoms with Gasteiger partial charge in [-0.05, 0) is 6.07 Å². The first kappa shape index (κ1) is 16.1. The van der Waals surface area contributed by atoms with Gasteiger partial charge >= 0.3 is 5.97 Å². The van der Waals surface area contributed by atoms with E-state index in [9.17, 15) is 9.59 Å². The van der Waals surface area contributed by atoms with Crippen LogP contribution in [0.5, 0.6) is 0 Å². The Labute approximate surface area is 133 Å². The zero-order valence-electron chi connectivity index (χ0n) is 11.6. The number of hydrogen-bond acceptors (Lipinski definition) is 4. The lowest BCUT2D eigenvalue weighted by Crippen LogP contribution is -2.37. The molecule has 0 saturated carbocycles. The van der Waals surface area contributed by atoms with Crippen LogP contribution in [0.1, 0.15) is 18.0 Å². The Morgan fingerprint density at radius 2 is 2.14 bits per heavy atom. The predicted molar refractivity (Wildman–Crippen MR) is 80.4 cm³/mol. The Balaban J connectivity index is 2.36. The summed E-state index contributed by atoms with van der Waals surface area (Å²) in [6.07, 6.45) is 0.325. The van der Waals surface area contributed by atoms with Gasteiger partial charge in [0.25, 0.3) is 0 Å². The molecule has 7 heteroatoms. The molecular weight excluding hydrogens is 315 g/mol. The highest BCUT2D eigenvalue weighted by atomic mass is 35.5. The number of amides is 1. The molecule has 1 fully saturated rings. The molecular formula is C14H16Cl2N2O3. The third-order valence-electron chi connectivity index (χ3n) is 3.41. The summed E-state index contributed by atoms with van der Waals surface area (Å²) < 4.78 is 4.89. The van der Waals surface area contributed by atoms with Crippen LogP contribution in [0.2, 0.25) is 10.0 Å². The van der Waals surface area contributed by atoms with Crippen molar-refractivity contribution >= 4 is 35.1 Å². The molecule has 1 heterocycles. The van der Waals surface area contributed by atoms with Gasteiger partial charge in [0.2, 0.25) is 5.91 Å². The maximum absolute atomic E-state index is 12.2. The highest BCUT2D eigenvalue weighted by Crippen LogP contribution is 2.33. The summed E-state index contributed by atoms with van der Waals surface area (Å²) in [4.78, 5) is 25.5. The minimum Gasteiger partial charge on any atom is -0.468 e. The molecule has 1 aliphatic heterocycles. The Morgan fingerprint density at radius 1 is 1.38 bits per heavy atom. The molecule has 2 rings (SSSR count). The molecule has 114 valence electrons. The second kappa shape index (κ2) is 7.11. The third-order valence-corrected chi connectivity index (χ3v) is 4.25. The summed E-state index contributed by atoms with van der Waals surface area (Å²) in [7, 11) is 1.33. The normalized spacial score (nSPS) is 17.8. The quantitative estimate of drug-likeness (QED) is 0.861. The molecule has 1 amide bonds. The first-order valence-corrected chi connectivity index (χ1v) is 7.32. The number of esters is 1. The van der Waals surface area contributed by atoms with Gasteiger partial charge in [0, 0.05) is 31.6 Å². The number of carbonyl (C=O) groups is 2. The number of ether oxygens (including phenoxy) is 1. The zero-order valence-corrected chi connectivity index (χ0v) is 13.1. The van der Waals surface area contributed by atoms with E-state index in [0.717, 1.165) is 0 Å². The molecule has 1 aliphatic rings. The summed E-state index contributed by atoms with van der Waals surface area (Å²) in [6, 6.07) is 4.47. The van der Waals surface area contributed by atoms with E-state index in [-0.39, 0.29) is 5.91 Å². The maximum Gasteiger partial charge on any atom is 0.327 e. The van der Waals surface area contributed by atoms with Crippen molar-refractivity contribution in [1.29, 1.82) is 0 Å². The molecule has 1 atom stereocenters. The standard InChI is InChI=1S/C14H16Cl2N2O3/c1-21-14(20)13(9-3-2-4-10(15)12(9)16)18-7-5-11(19)17-6-8-18/h2-4,13H,5-8H2,1H3,(H,17,19). The molecule has 1 N–H and O–H groups in total. The van der Waals surface area contributed by atoms with Crippen LogP contribution in [0.15, 0.2) is 18.2 Å². The number of benzene rings is 1. The summed E-state index contributed by atoms with van der Waals surface area (Å²) in [5.74, 6) is -0.452. The van der Waals surface area contributed by atoms with Crippen LogP contribution in [-0.2, 0) is 14.3 Å². The summed E-state index contributed by atoms with van der Waals surface area (Å²) in [6.45, 7) is 1.47. The lowest BCUT2D eigenvalue weighted by molar-refractivity contribution is -0.147. The number of rotatable bonds is 3. The predicted octanol–water partition coefficient (Wildman–Crippen LogP) is 2.03. The average molecular weight is 331 g/mol. The van der Waals surface area contributed by atoms with Crippen molar-refractivity contribution in [1.82, 2.24) is 10.2 Å². The van der Waals surface area contributed by atoms with E-state index in [1.807, 2.05) is 4.90 Å². The van der Waals surface area contributed by atoms with Crippen molar-refractivity contribution in [3.63, 3.8) is 0 Å². The van der Waals surface area contributed by atoms with Crippen molar-refractivity contribution in [2.75, 3.05) is 26.7 Å². The Bertz CT molecular complexity index is 551. The number of nitrogens with one attached hydrogen (secondary N) is 1. The van der Waals surface area contributed by atoms with Gasteiger partial charge in [-0.3, -0.25) is 9.69 Å². The van der Waals surface area contributed by atoms with Gasteiger partial charge in [-0.2, -0.15) is 0 Å². The fourth-order valence-electron chi connectivity index (χ4n) is 2.36. The van der Waals surface area contributed by atoms with Crippen LogP contribution in [-0.4, -0.2) is 43.5 Å². The van der Waals surface area contributed by atoms with Crippen LogP contribution in [0, 0.1) is 0 Å². The number of carbonyl (C=O) groups excluding carboxylic acids is 2. The Hall–Kier alpha value is -1.30. The lowest BCUT2D eigenvalue weighted by Gasteiger charge is -2.29. The largest absolute Gasteiger partial charge is 0.468 e. The van der Waals surface area contributed by atoms with Gasteiger partial charge in [0.1, 0.15) is 6.04 Å². The van der Waals surface area contributed by atoms with Crippen LogP contribution in [0.25, 0.3) is 0 Å². The fourth-order valence-corrected chi connectivity index (χ4v) is 2.77. The van der Waals surface area contributed by atoms with Gasteiger partial charge in [0.05, 0.1) is 17.2 Å². The highest BCUT2D eigenvalue weighted by molar-refractivity contribution is 6.42. The number of methoxy groups -OCH3 is 1. The molecule has 0 radical (unpaired) electrons. The topological polar surface area (TPSA) is 58.6 Å². The fraction of sp³-hybridized carbons (Fsp3) is 0.429. The average Bonchev–Trinajstić information content (AvgIpc) is 2.68. The van der Waals surface area contributed by atoms with Crippen molar-refractivity contribution in [3.05, 3.63) is 33.8 Å². The van der Waals surface area contributed by atoms with Crippen LogP contribution in [0.4, 0.5) is 0 Å². The molecule has 0 bridgehead atoms. The summed E-state index contributed by atoms with van der Waals surface area (Å²) >= 11 is 12.3. The lowest BCUT2D eigenvalue weighted by atomic mass is 10.0. The third kappa shape index (κ3) is 3.67. The Kier molecular flexibility index (Phi) is 5.45. The molecule has 1 aromatic rings. The van der Waals surface area contributed by atoms with E-state index in [4.69, 9.17) is 27.9 Å². The SMILES string of the molecule is COC(=O)C(c1cccc(Cl)c1Cl)N1CCNC(=O)CC1. The number of nitrogens with zero attached hydrogens (tertiary/aromatic N) is 1. The van der Waals surface area contributed by atoms with Crippen molar-refractivity contribution in [3.8, 4) is 0 Å². The van der Waals surface area contributed by atoms with Gasteiger partial charge < -0.3 is 10.1 Å². The molecule has 5 nitrogen and oxygen atoms in total. The minimum atomic E-state index is -0.672. The molecule has 1 aromatic carbocycles. The minimum absolute atomic E-state index is 0.0293. The van der Waals surface area contributed by atoms with Gasteiger partial charge in [-0.1, -0.05) is 35.3 Å². The number of halogens is 2. The Morgan fingerprint density at radius 3 is 2.86 bits per heavy atom. The van der Waals surface area contributed by atoms with E-state index >= 15 is 0 Å². The van der Waals surface area contributed by atoms with E-state index in [2.05, 4.69) is 5.32 Å². The van der Waals surface area contributed by atoms with E-state index in [0.29, 0.717) is 41.7 Å². The van der Waals surface area contributed by atoms with E-state index in [1.54, 1.807) is 18.2 Å². The highest BCUT2D eigenvalue weighted by Gasteiger charge is 2.32. The molecule has 0 spiro atoms. The van der Waals surface area contributed by atoms with Gasteiger partial charge in [-0.15, -0.1) is 0 Å². The zero-order chi connectivity index (χ0) is 15.4. The van der Waals surface area contributed by atoms with Gasteiger partial charge in [0.15, 0.2) is 0 Å². The van der Waals surface area contributed by atoms with E-state index in [1.165, 1.54) is 7.11 Å². The summed E-state index contributed by atoms with van der Waals surface area (Å²) in [5, 5.41) is 3.49. The van der Waals surface area contributed by atoms with Gasteiger partial charge in [-0.25, -0.2) is 4.79 Å².